The van der Waals surface area contributed by atoms with E-state index in [-0.39, 0.29) is 18.5 Å². The molecule has 2 aromatic rings. The highest BCUT2D eigenvalue weighted by atomic mass is 79.9. The Balaban J connectivity index is 1.42. The van der Waals surface area contributed by atoms with Crippen LogP contribution in [-0.4, -0.2) is 37.9 Å². The molecular formula is C19H20BrN5O4. The average Bonchev–Trinajstić information content (AvgIpc) is 2.92. The lowest BCUT2D eigenvalue weighted by atomic mass is 9.82. The molecule has 1 aromatic carbocycles. The maximum absolute atomic E-state index is 12.7. The van der Waals surface area contributed by atoms with E-state index >= 15 is 0 Å². The van der Waals surface area contributed by atoms with E-state index in [1.807, 2.05) is 0 Å². The number of aryl methyl sites for hydroxylation is 1. The van der Waals surface area contributed by atoms with Crippen molar-refractivity contribution in [3.8, 4) is 0 Å². The molecule has 0 atom stereocenters. The Labute approximate surface area is 174 Å². The van der Waals surface area contributed by atoms with E-state index in [0.717, 1.165) is 28.7 Å². The van der Waals surface area contributed by atoms with Crippen molar-refractivity contribution in [3.63, 3.8) is 0 Å². The van der Waals surface area contributed by atoms with Gasteiger partial charge in [0.25, 0.3) is 11.5 Å². The number of urea groups is 1. The van der Waals surface area contributed by atoms with Gasteiger partial charge in [0.1, 0.15) is 5.54 Å². The Hall–Kier alpha value is -2.75. The Morgan fingerprint density at radius 3 is 2.72 bits per heavy atom. The highest BCUT2D eigenvalue weighted by Crippen LogP contribution is 2.33. The minimum absolute atomic E-state index is 0.0782. The molecule has 2 aliphatic rings. The molecular weight excluding hydrogens is 442 g/mol. The van der Waals surface area contributed by atoms with Gasteiger partial charge in [-0.25, -0.2) is 9.78 Å². The number of rotatable bonds is 4. The predicted molar refractivity (Wildman–Crippen MR) is 108 cm³/mol. The Morgan fingerprint density at radius 2 is 1.97 bits per heavy atom. The lowest BCUT2D eigenvalue weighted by Crippen LogP contribution is -2.51. The van der Waals surface area contributed by atoms with E-state index in [0.29, 0.717) is 23.7 Å². The minimum atomic E-state index is -0.894. The average molecular weight is 462 g/mol. The van der Waals surface area contributed by atoms with Gasteiger partial charge in [-0.15, -0.1) is 0 Å². The first-order chi connectivity index (χ1) is 13.9. The molecule has 0 unspecified atom stereocenters. The first kappa shape index (κ1) is 19.6. The summed E-state index contributed by atoms with van der Waals surface area (Å²) < 4.78 is 2.10. The van der Waals surface area contributed by atoms with Crippen LogP contribution in [0.25, 0.3) is 10.9 Å². The van der Waals surface area contributed by atoms with Crippen LogP contribution < -0.4 is 16.3 Å². The van der Waals surface area contributed by atoms with Crippen LogP contribution >= 0.6 is 15.9 Å². The van der Waals surface area contributed by atoms with E-state index in [1.54, 1.807) is 18.2 Å². The topological polar surface area (TPSA) is 113 Å². The van der Waals surface area contributed by atoms with Crippen LogP contribution in [0, 0.1) is 0 Å². The molecule has 2 fully saturated rings. The van der Waals surface area contributed by atoms with Gasteiger partial charge in [0, 0.05) is 17.4 Å². The van der Waals surface area contributed by atoms with E-state index in [9.17, 15) is 19.2 Å². The Kier molecular flexibility index (Phi) is 5.12. The number of amides is 4. The summed E-state index contributed by atoms with van der Waals surface area (Å²) in [6.45, 7) is 0.0783. The monoisotopic (exact) mass is 461 g/mol. The summed E-state index contributed by atoms with van der Waals surface area (Å²) in [5, 5.41) is 3.95. The molecule has 2 N–H and O–H groups in total. The number of hydrogen-bond acceptors (Lipinski definition) is 5. The van der Waals surface area contributed by atoms with E-state index in [1.165, 1.54) is 10.9 Å². The second-order valence-corrected chi connectivity index (χ2v) is 8.32. The minimum Gasteiger partial charge on any atom is -0.322 e. The quantitative estimate of drug-likeness (QED) is 0.674. The second kappa shape index (κ2) is 7.58. The first-order valence-corrected chi connectivity index (χ1v) is 10.3. The Bertz CT molecular complexity index is 1060. The predicted octanol–water partition coefficient (Wildman–Crippen LogP) is 1.83. The van der Waals surface area contributed by atoms with Crippen LogP contribution in [0.2, 0.25) is 0 Å². The van der Waals surface area contributed by atoms with Gasteiger partial charge in [0.05, 0.1) is 17.2 Å². The molecule has 9 nitrogen and oxygen atoms in total. The molecule has 1 aliphatic heterocycles. The van der Waals surface area contributed by atoms with Gasteiger partial charge in [-0.05, 0) is 31.0 Å². The third-order valence-corrected chi connectivity index (χ3v) is 5.96. The van der Waals surface area contributed by atoms with E-state index in [4.69, 9.17) is 0 Å². The molecule has 1 saturated carbocycles. The van der Waals surface area contributed by atoms with Crippen molar-refractivity contribution in [2.24, 2.45) is 0 Å². The highest BCUT2D eigenvalue weighted by molar-refractivity contribution is 9.10. The second-order valence-electron chi connectivity index (χ2n) is 7.40. The zero-order valence-corrected chi connectivity index (χ0v) is 17.2. The van der Waals surface area contributed by atoms with Crippen LogP contribution in [-0.2, 0) is 16.1 Å². The molecule has 4 amide bonds. The largest absolute Gasteiger partial charge is 0.344 e. The number of aromatic nitrogens is 2. The lowest BCUT2D eigenvalue weighted by Gasteiger charge is -2.30. The van der Waals surface area contributed by atoms with Crippen molar-refractivity contribution >= 4 is 44.7 Å². The molecule has 0 radical (unpaired) electrons. The van der Waals surface area contributed by atoms with Crippen molar-refractivity contribution in [1.82, 2.24) is 25.3 Å². The smallest absolute Gasteiger partial charge is 0.322 e. The molecule has 1 aliphatic carbocycles. The van der Waals surface area contributed by atoms with Gasteiger partial charge in [0.15, 0.2) is 0 Å². The third kappa shape index (κ3) is 3.64. The summed E-state index contributed by atoms with van der Waals surface area (Å²) in [7, 11) is 0. The summed E-state index contributed by atoms with van der Waals surface area (Å²) in [5.41, 5.74) is 1.78. The van der Waals surface area contributed by atoms with Crippen molar-refractivity contribution < 1.29 is 14.4 Å². The molecule has 29 heavy (non-hydrogen) atoms. The van der Waals surface area contributed by atoms with E-state index in [2.05, 4.69) is 31.7 Å². The van der Waals surface area contributed by atoms with Crippen LogP contribution in [0.15, 0.2) is 33.8 Å². The normalized spacial score (nSPS) is 18.3. The van der Waals surface area contributed by atoms with Crippen molar-refractivity contribution in [2.75, 3.05) is 0 Å². The summed E-state index contributed by atoms with van der Waals surface area (Å²) in [5.74, 6) is -0.937. The van der Waals surface area contributed by atoms with Gasteiger partial charge in [-0.1, -0.05) is 35.2 Å². The number of benzene rings is 1. The number of fused-ring (bicyclic) bond motifs is 1. The molecule has 0 bridgehead atoms. The third-order valence-electron chi connectivity index (χ3n) is 5.47. The number of imide groups is 1. The number of hydrazine groups is 1. The molecule has 1 aromatic heterocycles. The SMILES string of the molecule is O=C(CCn1cnc2ccc(Br)cc2c1=O)NN1C(=O)NC2(CCCCC2)C1=O. The fourth-order valence-corrected chi connectivity index (χ4v) is 4.27. The van der Waals surface area contributed by atoms with Gasteiger partial charge in [0.2, 0.25) is 5.91 Å². The van der Waals surface area contributed by atoms with Crippen LogP contribution in [0.5, 0.6) is 0 Å². The molecule has 1 spiro atoms. The summed E-state index contributed by atoms with van der Waals surface area (Å²) in [6.07, 6.45) is 5.23. The fraction of sp³-hybridized carbons (Fsp3) is 0.421. The van der Waals surface area contributed by atoms with Gasteiger partial charge in [-0.2, -0.15) is 5.01 Å². The van der Waals surface area contributed by atoms with Gasteiger partial charge < -0.3 is 5.32 Å². The summed E-state index contributed by atoms with van der Waals surface area (Å²) >= 11 is 3.33. The number of carbonyl (C=O) groups is 3. The summed E-state index contributed by atoms with van der Waals surface area (Å²) in [4.78, 5) is 54.1. The first-order valence-electron chi connectivity index (χ1n) is 9.50. The number of nitrogens with zero attached hydrogens (tertiary/aromatic N) is 3. The van der Waals surface area contributed by atoms with Crippen molar-refractivity contribution in [3.05, 3.63) is 39.4 Å². The molecule has 152 valence electrons. The van der Waals surface area contributed by atoms with Crippen LogP contribution in [0.4, 0.5) is 4.79 Å². The zero-order valence-electron chi connectivity index (χ0n) is 15.6. The maximum atomic E-state index is 12.7. The van der Waals surface area contributed by atoms with Gasteiger partial charge >= 0.3 is 6.03 Å². The maximum Gasteiger partial charge on any atom is 0.344 e. The highest BCUT2D eigenvalue weighted by Gasteiger charge is 2.52. The lowest BCUT2D eigenvalue weighted by molar-refractivity contribution is -0.140. The zero-order chi connectivity index (χ0) is 20.6. The Morgan fingerprint density at radius 1 is 1.21 bits per heavy atom. The molecule has 2 heterocycles. The van der Waals surface area contributed by atoms with Crippen LogP contribution in [0.1, 0.15) is 38.5 Å². The van der Waals surface area contributed by atoms with Crippen molar-refractivity contribution in [2.45, 2.75) is 50.6 Å². The van der Waals surface area contributed by atoms with Crippen LogP contribution in [0.3, 0.4) is 0 Å². The molecule has 4 rings (SSSR count). The number of hydrogen-bond donors (Lipinski definition) is 2. The number of halogens is 1. The summed E-state index contributed by atoms with van der Waals surface area (Å²) in [6, 6.07) is 4.60. The fourth-order valence-electron chi connectivity index (χ4n) is 3.91. The van der Waals surface area contributed by atoms with Gasteiger partial charge in [-0.3, -0.25) is 24.4 Å². The van der Waals surface area contributed by atoms with Crippen molar-refractivity contribution in [1.29, 1.82) is 0 Å². The standard InChI is InChI=1S/C19H20BrN5O4/c20-12-4-5-14-13(10-12)16(27)24(11-21-14)9-6-15(26)23-25-17(28)19(22-18(25)29)7-2-1-3-8-19/h4-5,10-11H,1-3,6-9H2,(H,22,29)(H,23,26). The molecule has 10 heteroatoms. The number of carbonyl (C=O) groups excluding carboxylic acids is 3. The van der Waals surface area contributed by atoms with E-state index < -0.39 is 23.4 Å². The molecule has 1 saturated heterocycles. The number of nitrogens with one attached hydrogen (secondary N) is 2.